The van der Waals surface area contributed by atoms with E-state index in [1.165, 1.54) is 18.4 Å². The van der Waals surface area contributed by atoms with Gasteiger partial charge in [0.2, 0.25) is 0 Å². The van der Waals surface area contributed by atoms with Gasteiger partial charge in [0.15, 0.2) is 0 Å². The average Bonchev–Trinajstić information content (AvgIpc) is 3.38. The van der Waals surface area contributed by atoms with Crippen LogP contribution in [0.3, 0.4) is 0 Å². The number of nitrogens with one attached hydrogen (secondary N) is 1. The molecule has 2 aliphatic rings. The molecule has 25 heavy (non-hydrogen) atoms. The topological polar surface area (TPSA) is 61.8 Å². The molecule has 0 heterocycles. The standard InChI is InChI=1S/C20H30N2O3/c1-22(13-18(23)15-8-9-15)19(24)21-14-20(10-3-4-11-20)16-6-5-7-17(12-16)25-2/h5-7,12,15,18,23H,3-4,8-11,13-14H2,1-2H3,(H,21,24). The zero-order valence-electron chi connectivity index (χ0n) is 15.3. The summed E-state index contributed by atoms with van der Waals surface area (Å²) in [5.74, 6) is 1.24. The second-order valence-corrected chi connectivity index (χ2v) is 7.66. The molecule has 3 rings (SSSR count). The van der Waals surface area contributed by atoms with Crippen molar-refractivity contribution in [3.63, 3.8) is 0 Å². The van der Waals surface area contributed by atoms with Crippen LogP contribution >= 0.6 is 0 Å². The minimum Gasteiger partial charge on any atom is -0.497 e. The summed E-state index contributed by atoms with van der Waals surface area (Å²) in [4.78, 5) is 14.1. The van der Waals surface area contributed by atoms with E-state index in [1.54, 1.807) is 19.1 Å². The van der Waals surface area contributed by atoms with E-state index in [9.17, 15) is 9.90 Å². The number of aliphatic hydroxyl groups excluding tert-OH is 1. The average molecular weight is 346 g/mol. The minimum absolute atomic E-state index is 0.0137. The van der Waals surface area contributed by atoms with E-state index >= 15 is 0 Å². The number of ether oxygens (including phenoxy) is 1. The molecule has 0 aromatic heterocycles. The summed E-state index contributed by atoms with van der Waals surface area (Å²) < 4.78 is 5.37. The van der Waals surface area contributed by atoms with Gasteiger partial charge in [-0.05, 0) is 49.3 Å². The van der Waals surface area contributed by atoms with Crippen molar-refractivity contribution in [2.24, 2.45) is 5.92 Å². The number of urea groups is 1. The highest BCUT2D eigenvalue weighted by molar-refractivity contribution is 5.74. The van der Waals surface area contributed by atoms with Crippen LogP contribution in [0.1, 0.15) is 44.1 Å². The maximum absolute atomic E-state index is 12.5. The van der Waals surface area contributed by atoms with Crippen LogP contribution in [0.2, 0.25) is 0 Å². The molecule has 138 valence electrons. The molecule has 5 heteroatoms. The van der Waals surface area contributed by atoms with Gasteiger partial charge in [-0.1, -0.05) is 25.0 Å². The van der Waals surface area contributed by atoms with Crippen LogP contribution in [0.15, 0.2) is 24.3 Å². The molecule has 0 saturated heterocycles. The molecule has 2 fully saturated rings. The molecular formula is C20H30N2O3. The van der Waals surface area contributed by atoms with E-state index in [0.29, 0.717) is 19.0 Å². The second kappa shape index (κ2) is 7.65. The first-order chi connectivity index (χ1) is 12.0. The fraction of sp³-hybridized carbons (Fsp3) is 0.650. The van der Waals surface area contributed by atoms with E-state index in [2.05, 4.69) is 17.4 Å². The number of aliphatic hydroxyl groups is 1. The number of carbonyl (C=O) groups is 1. The van der Waals surface area contributed by atoms with E-state index in [1.807, 2.05) is 12.1 Å². The van der Waals surface area contributed by atoms with Gasteiger partial charge in [0.05, 0.1) is 13.2 Å². The molecule has 0 radical (unpaired) electrons. The molecule has 2 N–H and O–H groups in total. The van der Waals surface area contributed by atoms with Gasteiger partial charge in [-0.2, -0.15) is 0 Å². The Morgan fingerprint density at radius 2 is 2.12 bits per heavy atom. The van der Waals surface area contributed by atoms with Crippen molar-refractivity contribution in [1.29, 1.82) is 0 Å². The molecule has 2 aliphatic carbocycles. The van der Waals surface area contributed by atoms with Crippen molar-refractivity contribution in [1.82, 2.24) is 10.2 Å². The lowest BCUT2D eigenvalue weighted by atomic mass is 9.78. The number of methoxy groups -OCH3 is 1. The molecule has 1 aromatic rings. The van der Waals surface area contributed by atoms with Crippen LogP contribution < -0.4 is 10.1 Å². The van der Waals surface area contributed by atoms with Crippen molar-refractivity contribution in [2.45, 2.75) is 50.0 Å². The second-order valence-electron chi connectivity index (χ2n) is 7.66. The Labute approximate surface area is 150 Å². The summed E-state index contributed by atoms with van der Waals surface area (Å²) >= 11 is 0. The van der Waals surface area contributed by atoms with Crippen LogP contribution in [0.5, 0.6) is 5.75 Å². The fourth-order valence-corrected chi connectivity index (χ4v) is 3.95. The smallest absolute Gasteiger partial charge is 0.317 e. The van der Waals surface area contributed by atoms with Crippen LogP contribution in [-0.2, 0) is 5.41 Å². The Morgan fingerprint density at radius 1 is 1.40 bits per heavy atom. The van der Waals surface area contributed by atoms with Crippen molar-refractivity contribution >= 4 is 6.03 Å². The summed E-state index contributed by atoms with van der Waals surface area (Å²) in [5, 5.41) is 13.1. The van der Waals surface area contributed by atoms with Gasteiger partial charge in [0.1, 0.15) is 5.75 Å². The first kappa shape index (κ1) is 18.1. The lowest BCUT2D eigenvalue weighted by molar-refractivity contribution is 0.113. The molecular weight excluding hydrogens is 316 g/mol. The number of nitrogens with zero attached hydrogens (tertiary/aromatic N) is 1. The normalized spacial score (nSPS) is 20.1. The minimum atomic E-state index is -0.394. The fourth-order valence-electron chi connectivity index (χ4n) is 3.95. The largest absolute Gasteiger partial charge is 0.497 e. The van der Waals surface area contributed by atoms with Crippen molar-refractivity contribution < 1.29 is 14.6 Å². The number of benzene rings is 1. The number of carbonyl (C=O) groups excluding carboxylic acids is 1. The predicted octanol–water partition coefficient (Wildman–Crippen LogP) is 2.92. The highest BCUT2D eigenvalue weighted by Gasteiger charge is 2.37. The van der Waals surface area contributed by atoms with Crippen LogP contribution in [0.4, 0.5) is 4.79 Å². The number of amides is 2. The molecule has 0 bridgehead atoms. The predicted molar refractivity (Wildman–Crippen MR) is 97.9 cm³/mol. The zero-order valence-corrected chi connectivity index (χ0v) is 15.3. The monoisotopic (exact) mass is 346 g/mol. The third-order valence-corrected chi connectivity index (χ3v) is 5.79. The molecule has 2 amide bonds. The van der Waals surface area contributed by atoms with Crippen LogP contribution in [0.25, 0.3) is 0 Å². The molecule has 1 aromatic carbocycles. The van der Waals surface area contributed by atoms with Gasteiger partial charge in [0.25, 0.3) is 0 Å². The van der Waals surface area contributed by atoms with Gasteiger partial charge in [0, 0.05) is 25.6 Å². The third-order valence-electron chi connectivity index (χ3n) is 5.79. The Kier molecular flexibility index (Phi) is 5.52. The van der Waals surface area contributed by atoms with Gasteiger partial charge in [-0.15, -0.1) is 0 Å². The van der Waals surface area contributed by atoms with Gasteiger partial charge in [-0.25, -0.2) is 4.79 Å². The van der Waals surface area contributed by atoms with Crippen LogP contribution in [-0.4, -0.2) is 49.4 Å². The van der Waals surface area contributed by atoms with Crippen molar-refractivity contribution in [3.05, 3.63) is 29.8 Å². The number of hydrogen-bond donors (Lipinski definition) is 2. The quantitative estimate of drug-likeness (QED) is 0.798. The number of hydrogen-bond acceptors (Lipinski definition) is 3. The van der Waals surface area contributed by atoms with Gasteiger partial charge >= 0.3 is 6.03 Å². The Hall–Kier alpha value is -1.75. The summed E-state index contributed by atoms with van der Waals surface area (Å²) in [5.41, 5.74) is 1.23. The van der Waals surface area contributed by atoms with E-state index < -0.39 is 6.10 Å². The first-order valence-electron chi connectivity index (χ1n) is 9.36. The lowest BCUT2D eigenvalue weighted by Crippen LogP contribution is -2.46. The summed E-state index contributed by atoms with van der Waals surface area (Å²) in [6.45, 7) is 1.03. The Bertz CT molecular complexity index is 594. The zero-order chi connectivity index (χ0) is 17.9. The summed E-state index contributed by atoms with van der Waals surface area (Å²) in [6, 6.07) is 8.11. The lowest BCUT2D eigenvalue weighted by Gasteiger charge is -2.31. The van der Waals surface area contributed by atoms with E-state index in [0.717, 1.165) is 31.4 Å². The van der Waals surface area contributed by atoms with E-state index in [-0.39, 0.29) is 11.4 Å². The summed E-state index contributed by atoms with van der Waals surface area (Å²) in [7, 11) is 3.44. The molecule has 2 saturated carbocycles. The molecule has 5 nitrogen and oxygen atoms in total. The SMILES string of the molecule is COc1cccc(C2(CNC(=O)N(C)CC(O)C3CC3)CCCC2)c1. The molecule has 0 aliphatic heterocycles. The maximum atomic E-state index is 12.5. The molecule has 1 unspecified atom stereocenters. The highest BCUT2D eigenvalue weighted by Crippen LogP contribution is 2.41. The van der Waals surface area contributed by atoms with Crippen LogP contribution in [0, 0.1) is 5.92 Å². The molecule has 1 atom stereocenters. The Morgan fingerprint density at radius 3 is 2.76 bits per heavy atom. The van der Waals surface area contributed by atoms with Gasteiger partial charge in [-0.3, -0.25) is 0 Å². The summed E-state index contributed by atoms with van der Waals surface area (Å²) in [6.07, 6.45) is 6.29. The van der Waals surface area contributed by atoms with E-state index in [4.69, 9.17) is 4.74 Å². The first-order valence-corrected chi connectivity index (χ1v) is 9.36. The number of rotatable bonds is 7. The Balaban J connectivity index is 1.62. The maximum Gasteiger partial charge on any atom is 0.317 e. The van der Waals surface area contributed by atoms with Crippen molar-refractivity contribution in [2.75, 3.05) is 27.2 Å². The van der Waals surface area contributed by atoms with Gasteiger partial charge < -0.3 is 20.1 Å². The third kappa shape index (κ3) is 4.27. The molecule has 0 spiro atoms. The number of likely N-dealkylation sites (N-methyl/N-ethyl adjacent to an activating group) is 1. The highest BCUT2D eigenvalue weighted by atomic mass is 16.5. The van der Waals surface area contributed by atoms with Crippen molar-refractivity contribution in [3.8, 4) is 5.75 Å².